The highest BCUT2D eigenvalue weighted by Crippen LogP contribution is 2.30. The minimum Gasteiger partial charge on any atom is -0.461 e. The second kappa shape index (κ2) is 11.8. The molecule has 2 atom stereocenters. The fraction of sp³-hybridized carbons (Fsp3) is 0.909. The Morgan fingerprint density at radius 3 is 1.21 bits per heavy atom. The lowest BCUT2D eigenvalue weighted by Gasteiger charge is -2.35. The van der Waals surface area contributed by atoms with Crippen molar-refractivity contribution in [1.29, 1.82) is 0 Å². The van der Waals surface area contributed by atoms with Gasteiger partial charge in [-0.25, -0.2) is 0 Å². The lowest BCUT2D eigenvalue weighted by Crippen LogP contribution is -2.40. The van der Waals surface area contributed by atoms with Gasteiger partial charge in [0.25, 0.3) is 0 Å². The molecule has 0 aromatic rings. The summed E-state index contributed by atoms with van der Waals surface area (Å²) >= 11 is 0. The first-order valence-electron chi connectivity index (χ1n) is 10.4. The highest BCUT2D eigenvalue weighted by molar-refractivity contribution is 5.71. The lowest BCUT2D eigenvalue weighted by atomic mass is 9.81. The minimum atomic E-state index is -0.501. The summed E-state index contributed by atoms with van der Waals surface area (Å²) in [5.41, 5.74) is -1.00. The van der Waals surface area contributed by atoms with Crippen molar-refractivity contribution in [2.24, 2.45) is 22.7 Å². The molecule has 0 rings (SSSR count). The molecule has 0 radical (unpaired) electrons. The molecular formula is C22H42O6. The molecule has 0 bridgehead atoms. The summed E-state index contributed by atoms with van der Waals surface area (Å²) in [4.78, 5) is 24.3. The Hall–Kier alpha value is -1.14. The summed E-state index contributed by atoms with van der Waals surface area (Å²) in [5, 5.41) is 19.1. The van der Waals surface area contributed by atoms with Crippen LogP contribution < -0.4 is 0 Å². The van der Waals surface area contributed by atoms with Crippen molar-refractivity contribution >= 4 is 11.9 Å². The molecule has 0 aliphatic rings. The van der Waals surface area contributed by atoms with Gasteiger partial charge in [0.15, 0.2) is 0 Å². The van der Waals surface area contributed by atoms with Gasteiger partial charge in [-0.1, -0.05) is 55.4 Å². The molecule has 166 valence electrons. The van der Waals surface area contributed by atoms with E-state index < -0.39 is 10.8 Å². The van der Waals surface area contributed by atoms with Crippen molar-refractivity contribution in [1.82, 2.24) is 0 Å². The van der Waals surface area contributed by atoms with E-state index in [2.05, 4.69) is 0 Å². The SMILES string of the molecule is CC(C)C(OC(=O)CCCCC(=O)OC(C(C)C)C(C)(C)CO)C(C)(C)CO. The van der Waals surface area contributed by atoms with Crippen LogP contribution in [0.1, 0.15) is 81.1 Å². The second-order valence-corrected chi connectivity index (χ2v) is 9.81. The first-order valence-corrected chi connectivity index (χ1v) is 10.4. The van der Waals surface area contributed by atoms with Crippen molar-refractivity contribution in [2.45, 2.75) is 93.3 Å². The smallest absolute Gasteiger partial charge is 0.306 e. The maximum atomic E-state index is 12.2. The molecule has 0 heterocycles. The summed E-state index contributed by atoms with van der Waals surface area (Å²) in [5.74, 6) is -0.419. The molecule has 2 unspecified atom stereocenters. The Morgan fingerprint density at radius 2 is 1.00 bits per heavy atom. The third kappa shape index (κ3) is 8.91. The van der Waals surface area contributed by atoms with Gasteiger partial charge in [-0.15, -0.1) is 0 Å². The number of carbonyl (C=O) groups is 2. The standard InChI is InChI=1S/C22H42O6/c1-15(2)19(21(5,6)13-23)27-17(25)11-9-10-12-18(26)28-20(16(3)4)22(7,8)14-24/h15-16,19-20,23-24H,9-14H2,1-8H3. The number of hydrogen-bond donors (Lipinski definition) is 2. The number of hydrogen-bond acceptors (Lipinski definition) is 6. The number of ether oxygens (including phenoxy) is 2. The summed E-state index contributed by atoms with van der Waals surface area (Å²) in [6.07, 6.45) is 0.814. The van der Waals surface area contributed by atoms with Gasteiger partial charge < -0.3 is 19.7 Å². The van der Waals surface area contributed by atoms with Gasteiger partial charge in [-0.05, 0) is 24.7 Å². The molecule has 0 saturated carbocycles. The Bertz CT molecular complexity index is 437. The number of rotatable bonds is 13. The monoisotopic (exact) mass is 402 g/mol. The van der Waals surface area contributed by atoms with E-state index in [1.165, 1.54) is 0 Å². The summed E-state index contributed by atoms with van der Waals surface area (Å²) < 4.78 is 11.2. The second-order valence-electron chi connectivity index (χ2n) is 9.81. The number of unbranched alkanes of at least 4 members (excludes halogenated alkanes) is 1. The zero-order valence-electron chi connectivity index (χ0n) is 19.1. The van der Waals surface area contributed by atoms with Crippen molar-refractivity contribution in [3.63, 3.8) is 0 Å². The molecule has 0 spiro atoms. The zero-order chi connectivity index (χ0) is 22.1. The predicted octanol–water partition coefficient (Wildman–Crippen LogP) is 3.72. The molecule has 0 saturated heterocycles. The van der Waals surface area contributed by atoms with Crippen molar-refractivity contribution in [3.8, 4) is 0 Å². The quantitative estimate of drug-likeness (QED) is 0.360. The van der Waals surface area contributed by atoms with E-state index in [1.54, 1.807) is 0 Å². The molecule has 0 aliphatic heterocycles. The van der Waals surface area contributed by atoms with Crippen LogP contribution in [0.15, 0.2) is 0 Å². The highest BCUT2D eigenvalue weighted by Gasteiger charge is 2.35. The summed E-state index contributed by atoms with van der Waals surface area (Å²) in [7, 11) is 0. The molecule has 28 heavy (non-hydrogen) atoms. The normalized spacial score (nSPS) is 14.9. The molecule has 0 amide bonds. The Balaban J connectivity index is 4.44. The minimum absolute atomic E-state index is 0.0594. The molecule has 0 fully saturated rings. The lowest BCUT2D eigenvalue weighted by molar-refractivity contribution is -0.163. The first kappa shape index (κ1) is 26.9. The van der Waals surface area contributed by atoms with E-state index >= 15 is 0 Å². The van der Waals surface area contributed by atoms with Crippen LogP contribution in [0.3, 0.4) is 0 Å². The maximum Gasteiger partial charge on any atom is 0.306 e. The highest BCUT2D eigenvalue weighted by atomic mass is 16.5. The van der Waals surface area contributed by atoms with E-state index in [1.807, 2.05) is 55.4 Å². The van der Waals surface area contributed by atoms with Gasteiger partial charge >= 0.3 is 11.9 Å². The average molecular weight is 403 g/mol. The number of esters is 2. The fourth-order valence-corrected chi connectivity index (χ4v) is 3.52. The van der Waals surface area contributed by atoms with E-state index in [9.17, 15) is 19.8 Å². The summed E-state index contributed by atoms with van der Waals surface area (Å²) in [6, 6.07) is 0. The number of aliphatic hydroxyl groups is 2. The van der Waals surface area contributed by atoms with Crippen LogP contribution in [0.25, 0.3) is 0 Å². The average Bonchev–Trinajstić information content (AvgIpc) is 2.60. The molecular weight excluding hydrogens is 360 g/mol. The molecule has 0 aliphatic carbocycles. The van der Waals surface area contributed by atoms with E-state index in [4.69, 9.17) is 9.47 Å². The van der Waals surface area contributed by atoms with Gasteiger partial charge in [-0.2, -0.15) is 0 Å². The molecule has 6 heteroatoms. The first-order chi connectivity index (χ1) is 12.8. The van der Waals surface area contributed by atoms with Crippen LogP contribution in [-0.2, 0) is 19.1 Å². The topological polar surface area (TPSA) is 93.1 Å². The Morgan fingerprint density at radius 1 is 0.714 bits per heavy atom. The number of carbonyl (C=O) groups excluding carboxylic acids is 2. The third-order valence-electron chi connectivity index (χ3n) is 5.10. The maximum absolute atomic E-state index is 12.2. The van der Waals surface area contributed by atoms with Gasteiger partial charge in [0, 0.05) is 23.7 Å². The van der Waals surface area contributed by atoms with Crippen LogP contribution in [0.5, 0.6) is 0 Å². The largest absolute Gasteiger partial charge is 0.461 e. The van der Waals surface area contributed by atoms with Crippen molar-refractivity contribution in [3.05, 3.63) is 0 Å². The van der Waals surface area contributed by atoms with Crippen molar-refractivity contribution in [2.75, 3.05) is 13.2 Å². The van der Waals surface area contributed by atoms with Gasteiger partial charge in [0.05, 0.1) is 13.2 Å². The molecule has 0 aromatic carbocycles. The van der Waals surface area contributed by atoms with Gasteiger partial charge in [-0.3, -0.25) is 9.59 Å². The number of aliphatic hydroxyl groups excluding tert-OH is 2. The molecule has 6 nitrogen and oxygen atoms in total. The van der Waals surface area contributed by atoms with Crippen LogP contribution in [0.2, 0.25) is 0 Å². The summed E-state index contributed by atoms with van der Waals surface area (Å²) in [6.45, 7) is 15.2. The fourth-order valence-electron chi connectivity index (χ4n) is 3.52. The van der Waals surface area contributed by atoms with E-state index in [0.29, 0.717) is 12.8 Å². The van der Waals surface area contributed by atoms with Gasteiger partial charge in [0.2, 0.25) is 0 Å². The van der Waals surface area contributed by atoms with E-state index in [0.717, 1.165) is 0 Å². The van der Waals surface area contributed by atoms with Gasteiger partial charge in [0.1, 0.15) is 12.2 Å². The van der Waals surface area contributed by atoms with E-state index in [-0.39, 0.29) is 62.0 Å². The zero-order valence-corrected chi connectivity index (χ0v) is 19.1. The van der Waals surface area contributed by atoms with Crippen LogP contribution in [0.4, 0.5) is 0 Å². The predicted molar refractivity (Wildman–Crippen MR) is 110 cm³/mol. The third-order valence-corrected chi connectivity index (χ3v) is 5.10. The Kier molecular flexibility index (Phi) is 11.3. The van der Waals surface area contributed by atoms with Crippen LogP contribution in [-0.4, -0.2) is 47.6 Å². The molecule has 2 N–H and O–H groups in total. The van der Waals surface area contributed by atoms with Crippen molar-refractivity contribution < 1.29 is 29.3 Å². The molecule has 0 aromatic heterocycles. The van der Waals surface area contributed by atoms with Crippen LogP contribution in [0, 0.1) is 22.7 Å². The van der Waals surface area contributed by atoms with Crippen LogP contribution >= 0.6 is 0 Å². The Labute approximate surface area is 171 Å².